The van der Waals surface area contributed by atoms with E-state index < -0.39 is 0 Å². The highest BCUT2D eigenvalue weighted by molar-refractivity contribution is 7.17. The maximum Gasteiger partial charge on any atom is 0.213 e. The van der Waals surface area contributed by atoms with Gasteiger partial charge in [0.1, 0.15) is 0 Å². The van der Waals surface area contributed by atoms with Gasteiger partial charge in [-0.2, -0.15) is 4.57 Å². The molecule has 0 amide bonds. The molecule has 1 aliphatic heterocycles. The monoisotopic (exact) mass is 576 g/mol. The molecule has 0 spiro atoms. The van der Waals surface area contributed by atoms with Gasteiger partial charge in [-0.3, -0.25) is 0 Å². The van der Waals surface area contributed by atoms with Crippen LogP contribution in [0.15, 0.2) is 84.6 Å². The number of aliphatic hydroxyl groups excluding tert-OH is 1. The van der Waals surface area contributed by atoms with Gasteiger partial charge in [0.25, 0.3) is 0 Å². The first-order valence-corrected chi connectivity index (χ1v) is 15.9. The molecule has 2 unspecified atom stereocenters. The molecule has 0 saturated heterocycles. The van der Waals surface area contributed by atoms with Gasteiger partial charge in [0, 0.05) is 29.3 Å². The largest absolute Gasteiger partial charge is 0.513 e. The number of thiophene rings is 1. The van der Waals surface area contributed by atoms with Gasteiger partial charge >= 0.3 is 0 Å². The molecule has 6 rings (SSSR count). The summed E-state index contributed by atoms with van der Waals surface area (Å²) in [5, 5.41) is 16.8. The third-order valence-corrected chi connectivity index (χ3v) is 9.75. The minimum absolute atomic E-state index is 0.0173. The number of aromatic nitrogens is 1. The molecule has 0 radical (unpaired) electrons. The first kappa shape index (κ1) is 28.6. The number of allylic oxidation sites excluding steroid dienone is 1. The Morgan fingerprint density at radius 1 is 1.02 bits per heavy atom. The van der Waals surface area contributed by atoms with Crippen molar-refractivity contribution in [1.29, 1.82) is 0 Å². The van der Waals surface area contributed by atoms with Crippen LogP contribution in [0.2, 0.25) is 0 Å². The van der Waals surface area contributed by atoms with Gasteiger partial charge in [-0.05, 0) is 73.9 Å². The van der Waals surface area contributed by atoms with Gasteiger partial charge in [-0.25, -0.2) is 0 Å². The van der Waals surface area contributed by atoms with E-state index in [1.807, 2.05) is 11.3 Å². The summed E-state index contributed by atoms with van der Waals surface area (Å²) in [5.41, 5.74) is 8.98. The predicted molar refractivity (Wildman–Crippen MR) is 178 cm³/mol. The highest BCUT2D eigenvalue weighted by Crippen LogP contribution is 2.48. The van der Waals surface area contributed by atoms with Crippen LogP contribution < -0.4 is 4.57 Å². The highest BCUT2D eigenvalue weighted by Gasteiger charge is 2.42. The second-order valence-corrected chi connectivity index (χ2v) is 14.2. The third-order valence-electron chi connectivity index (χ3n) is 8.75. The molecular formula is C38H42NO2S+. The van der Waals surface area contributed by atoms with Gasteiger partial charge in [0.15, 0.2) is 12.2 Å². The van der Waals surface area contributed by atoms with Gasteiger partial charge in [-0.1, -0.05) is 77.6 Å². The lowest BCUT2D eigenvalue weighted by Gasteiger charge is -2.33. The Balaban J connectivity index is 1.67. The summed E-state index contributed by atoms with van der Waals surface area (Å²) in [6, 6.07) is 22.6. The molecule has 3 nitrogen and oxygen atoms in total. The molecule has 216 valence electrons. The average Bonchev–Trinajstić information content (AvgIpc) is 3.35. The topological polar surface area (TPSA) is 33.3 Å². The van der Waals surface area contributed by atoms with Crippen LogP contribution in [-0.2, 0) is 16.6 Å². The van der Waals surface area contributed by atoms with Crippen molar-refractivity contribution < 1.29 is 14.4 Å². The molecule has 5 aromatic rings. The van der Waals surface area contributed by atoms with Crippen LogP contribution in [0.1, 0.15) is 69.7 Å². The molecule has 0 aliphatic carbocycles. The van der Waals surface area contributed by atoms with Crippen LogP contribution >= 0.6 is 11.3 Å². The molecule has 1 N–H and O–H groups in total. The standard InChI is InChI=1S/C38H41NO2S/c1-23(2)17-26-22-42-35-14-10-13-27(36(26)35)25-15-16-39-33(18-24(3)40)31(21-41-7)37-29-12-9-8-11-28(29)32(38(4,5)6)20-30(37)34(39)19-25/h8-16,19-20,22-23,31,33H,3,17-18,21H2,1-2,4-7H3/p+1. The number of nitrogens with zero attached hydrogens (tertiary/aromatic N) is 1. The lowest BCUT2D eigenvalue weighted by molar-refractivity contribution is -0.718. The van der Waals surface area contributed by atoms with Crippen molar-refractivity contribution in [1.82, 2.24) is 0 Å². The summed E-state index contributed by atoms with van der Waals surface area (Å²) < 4.78 is 9.56. The molecular weight excluding hydrogens is 534 g/mol. The Morgan fingerprint density at radius 2 is 1.79 bits per heavy atom. The van der Waals surface area contributed by atoms with Crippen LogP contribution in [0.3, 0.4) is 0 Å². The lowest BCUT2D eigenvalue weighted by atomic mass is 9.74. The second-order valence-electron chi connectivity index (χ2n) is 13.3. The Morgan fingerprint density at radius 3 is 2.48 bits per heavy atom. The van der Waals surface area contributed by atoms with E-state index in [0.29, 0.717) is 18.9 Å². The zero-order chi connectivity index (χ0) is 29.8. The van der Waals surface area contributed by atoms with E-state index in [2.05, 4.69) is 118 Å². The minimum atomic E-state index is -0.0297. The van der Waals surface area contributed by atoms with Crippen molar-refractivity contribution >= 4 is 32.2 Å². The van der Waals surface area contributed by atoms with Crippen LogP contribution in [-0.4, -0.2) is 18.8 Å². The first-order valence-electron chi connectivity index (χ1n) is 15.0. The molecule has 3 aromatic carbocycles. The van der Waals surface area contributed by atoms with Crippen LogP contribution in [0.4, 0.5) is 0 Å². The summed E-state index contributed by atoms with van der Waals surface area (Å²) >= 11 is 1.84. The van der Waals surface area contributed by atoms with Crippen molar-refractivity contribution in [2.75, 3.05) is 13.7 Å². The number of methoxy groups -OCH3 is 1. The van der Waals surface area contributed by atoms with Crippen molar-refractivity contribution in [2.24, 2.45) is 5.92 Å². The van der Waals surface area contributed by atoms with E-state index in [1.165, 1.54) is 59.9 Å². The molecule has 1 aliphatic rings. The molecule has 0 bridgehead atoms. The van der Waals surface area contributed by atoms with Gasteiger partial charge in [0.05, 0.1) is 30.3 Å². The van der Waals surface area contributed by atoms with E-state index in [1.54, 1.807) is 7.11 Å². The summed E-state index contributed by atoms with van der Waals surface area (Å²) in [5.74, 6) is 0.856. The van der Waals surface area contributed by atoms with Gasteiger partial charge < -0.3 is 9.84 Å². The minimum Gasteiger partial charge on any atom is -0.513 e. The second kappa shape index (κ2) is 11.0. The van der Waals surface area contributed by atoms with E-state index in [9.17, 15) is 5.11 Å². The number of rotatable bonds is 7. The van der Waals surface area contributed by atoms with Crippen molar-refractivity contribution in [3.8, 4) is 22.4 Å². The zero-order valence-electron chi connectivity index (χ0n) is 25.7. The summed E-state index contributed by atoms with van der Waals surface area (Å²) in [6.45, 7) is 16.0. The Bertz CT molecular complexity index is 1810. The van der Waals surface area contributed by atoms with Crippen LogP contribution in [0, 0.1) is 5.92 Å². The molecule has 2 aromatic heterocycles. The summed E-state index contributed by atoms with van der Waals surface area (Å²) in [7, 11) is 1.77. The smallest absolute Gasteiger partial charge is 0.213 e. The molecule has 2 atom stereocenters. The van der Waals surface area contributed by atoms with E-state index in [-0.39, 0.29) is 23.1 Å². The number of fused-ring (bicyclic) bond motifs is 6. The number of hydrogen-bond acceptors (Lipinski definition) is 3. The Labute approximate surface area is 254 Å². The normalized spacial score (nSPS) is 16.6. The third kappa shape index (κ3) is 4.95. The van der Waals surface area contributed by atoms with Crippen molar-refractivity contribution in [2.45, 2.75) is 64.8 Å². The van der Waals surface area contributed by atoms with Gasteiger partial charge in [-0.15, -0.1) is 11.3 Å². The molecule has 0 saturated carbocycles. The molecule has 0 fully saturated rings. The maximum atomic E-state index is 10.5. The SMILES string of the molecule is C=C(O)CC1C(COC)c2c(cc(C(C)(C)C)c3ccccc23)-c2cc(-c3cccc4scc(CC(C)C)c34)cc[n+]21. The fourth-order valence-electron chi connectivity index (χ4n) is 7.04. The summed E-state index contributed by atoms with van der Waals surface area (Å²) in [6.07, 6.45) is 3.77. The predicted octanol–water partition coefficient (Wildman–Crippen LogP) is 9.92. The van der Waals surface area contributed by atoms with Crippen molar-refractivity contribution in [3.05, 3.63) is 101 Å². The summed E-state index contributed by atoms with van der Waals surface area (Å²) in [4.78, 5) is 0. The molecule has 42 heavy (non-hydrogen) atoms. The average molecular weight is 577 g/mol. The van der Waals surface area contributed by atoms with Crippen LogP contribution in [0.25, 0.3) is 43.2 Å². The first-order chi connectivity index (χ1) is 20.1. The lowest BCUT2D eigenvalue weighted by Crippen LogP contribution is -2.48. The van der Waals surface area contributed by atoms with E-state index in [4.69, 9.17) is 4.74 Å². The van der Waals surface area contributed by atoms with E-state index in [0.717, 1.165) is 6.42 Å². The zero-order valence-corrected chi connectivity index (χ0v) is 26.5. The van der Waals surface area contributed by atoms with Crippen LogP contribution in [0.5, 0.6) is 0 Å². The fourth-order valence-corrected chi connectivity index (χ4v) is 8.04. The Kier molecular flexibility index (Phi) is 7.49. The van der Waals surface area contributed by atoms with Gasteiger partial charge in [0.2, 0.25) is 5.69 Å². The quantitative estimate of drug-likeness (QED) is 0.154. The molecule has 3 heterocycles. The number of aliphatic hydroxyl groups is 1. The highest BCUT2D eigenvalue weighted by atomic mass is 32.1. The number of benzene rings is 3. The van der Waals surface area contributed by atoms with Crippen molar-refractivity contribution in [3.63, 3.8) is 0 Å². The maximum absolute atomic E-state index is 10.5. The number of ether oxygens (including phenoxy) is 1. The Hall–Kier alpha value is -3.47. The molecule has 4 heteroatoms. The van der Waals surface area contributed by atoms with E-state index >= 15 is 0 Å². The number of pyridine rings is 1. The number of hydrogen-bond donors (Lipinski definition) is 1. The fraction of sp³-hybridized carbons (Fsp3) is 0.342.